The molecule has 0 radical (unpaired) electrons. The SMILES string of the molecule is CC(C)C(N)C(=O)N(Cc1ccc(F)cc1)C1CC1. The molecule has 0 spiro atoms. The van der Waals surface area contributed by atoms with E-state index in [-0.39, 0.29) is 17.6 Å². The summed E-state index contributed by atoms with van der Waals surface area (Å²) in [6.45, 7) is 4.42. The van der Waals surface area contributed by atoms with Gasteiger partial charge in [0.25, 0.3) is 0 Å². The third-order valence-corrected chi connectivity index (χ3v) is 3.54. The lowest BCUT2D eigenvalue weighted by Gasteiger charge is -2.27. The molecule has 0 heterocycles. The highest BCUT2D eigenvalue weighted by molar-refractivity contribution is 5.82. The quantitative estimate of drug-likeness (QED) is 0.887. The maximum atomic E-state index is 12.9. The van der Waals surface area contributed by atoms with E-state index in [0.29, 0.717) is 12.6 Å². The van der Waals surface area contributed by atoms with Crippen LogP contribution in [0.5, 0.6) is 0 Å². The van der Waals surface area contributed by atoms with E-state index in [1.165, 1.54) is 12.1 Å². The molecule has 2 N–H and O–H groups in total. The number of rotatable bonds is 5. The van der Waals surface area contributed by atoms with Gasteiger partial charge in [-0.3, -0.25) is 4.79 Å². The van der Waals surface area contributed by atoms with Gasteiger partial charge in [-0.1, -0.05) is 26.0 Å². The molecule has 1 aliphatic carbocycles. The molecule has 1 atom stereocenters. The normalized spacial score (nSPS) is 16.5. The number of halogens is 1. The highest BCUT2D eigenvalue weighted by Gasteiger charge is 2.35. The Hall–Kier alpha value is -1.42. The minimum absolute atomic E-state index is 0.00169. The van der Waals surface area contributed by atoms with Crippen LogP contribution in [0, 0.1) is 11.7 Å². The molecule has 1 fully saturated rings. The van der Waals surface area contributed by atoms with Crippen LogP contribution in [0.25, 0.3) is 0 Å². The zero-order chi connectivity index (χ0) is 14.0. The van der Waals surface area contributed by atoms with Crippen LogP contribution >= 0.6 is 0 Å². The van der Waals surface area contributed by atoms with E-state index in [2.05, 4.69) is 0 Å². The van der Waals surface area contributed by atoms with Gasteiger partial charge in [-0.15, -0.1) is 0 Å². The average Bonchev–Trinajstić information content (AvgIpc) is 3.20. The number of hydrogen-bond donors (Lipinski definition) is 1. The third-order valence-electron chi connectivity index (χ3n) is 3.54. The molecule has 0 bridgehead atoms. The third kappa shape index (κ3) is 3.53. The summed E-state index contributed by atoms with van der Waals surface area (Å²) in [5.41, 5.74) is 6.90. The van der Waals surface area contributed by atoms with E-state index in [1.54, 1.807) is 12.1 Å². The number of carbonyl (C=O) groups excluding carboxylic acids is 1. The Balaban J connectivity index is 2.08. The predicted molar refractivity (Wildman–Crippen MR) is 72.8 cm³/mol. The Kier molecular flexibility index (Phi) is 4.20. The molecule has 19 heavy (non-hydrogen) atoms. The van der Waals surface area contributed by atoms with Crippen molar-refractivity contribution in [2.45, 2.75) is 45.3 Å². The van der Waals surface area contributed by atoms with Crippen molar-refractivity contribution in [3.63, 3.8) is 0 Å². The fourth-order valence-electron chi connectivity index (χ4n) is 2.04. The first-order valence-electron chi connectivity index (χ1n) is 6.79. The highest BCUT2D eigenvalue weighted by atomic mass is 19.1. The molecule has 1 aromatic carbocycles. The summed E-state index contributed by atoms with van der Waals surface area (Å²) in [6.07, 6.45) is 2.08. The van der Waals surface area contributed by atoms with Crippen molar-refractivity contribution in [3.8, 4) is 0 Å². The van der Waals surface area contributed by atoms with Crippen LogP contribution in [0.15, 0.2) is 24.3 Å². The first-order chi connectivity index (χ1) is 8.99. The molecule has 1 amide bonds. The zero-order valence-electron chi connectivity index (χ0n) is 11.5. The fraction of sp³-hybridized carbons (Fsp3) is 0.533. The van der Waals surface area contributed by atoms with Gasteiger partial charge < -0.3 is 10.6 Å². The second kappa shape index (κ2) is 5.70. The van der Waals surface area contributed by atoms with Gasteiger partial charge >= 0.3 is 0 Å². The first kappa shape index (κ1) is 14.0. The van der Waals surface area contributed by atoms with Gasteiger partial charge in [-0.05, 0) is 36.5 Å². The van der Waals surface area contributed by atoms with Gasteiger partial charge in [-0.2, -0.15) is 0 Å². The van der Waals surface area contributed by atoms with E-state index >= 15 is 0 Å². The Bertz CT molecular complexity index is 440. The van der Waals surface area contributed by atoms with E-state index in [1.807, 2.05) is 18.7 Å². The number of carbonyl (C=O) groups is 1. The molecule has 4 heteroatoms. The maximum Gasteiger partial charge on any atom is 0.240 e. The second-order valence-corrected chi connectivity index (χ2v) is 5.59. The van der Waals surface area contributed by atoms with Gasteiger partial charge in [0.05, 0.1) is 6.04 Å². The summed E-state index contributed by atoms with van der Waals surface area (Å²) in [4.78, 5) is 14.2. The van der Waals surface area contributed by atoms with Crippen LogP contribution in [-0.2, 0) is 11.3 Å². The lowest BCUT2D eigenvalue weighted by atomic mass is 10.0. The lowest BCUT2D eigenvalue weighted by Crippen LogP contribution is -2.47. The lowest BCUT2D eigenvalue weighted by molar-refractivity contribution is -0.134. The van der Waals surface area contributed by atoms with E-state index in [0.717, 1.165) is 18.4 Å². The van der Waals surface area contributed by atoms with Crippen molar-refractivity contribution in [1.82, 2.24) is 4.90 Å². The van der Waals surface area contributed by atoms with Gasteiger partial charge in [-0.25, -0.2) is 4.39 Å². The monoisotopic (exact) mass is 264 g/mol. The smallest absolute Gasteiger partial charge is 0.240 e. The van der Waals surface area contributed by atoms with Crippen LogP contribution in [0.1, 0.15) is 32.3 Å². The minimum atomic E-state index is -0.457. The van der Waals surface area contributed by atoms with Crippen molar-refractivity contribution >= 4 is 5.91 Å². The fourth-order valence-corrected chi connectivity index (χ4v) is 2.04. The second-order valence-electron chi connectivity index (χ2n) is 5.59. The first-order valence-corrected chi connectivity index (χ1v) is 6.79. The van der Waals surface area contributed by atoms with Gasteiger partial charge in [0.1, 0.15) is 5.82 Å². The van der Waals surface area contributed by atoms with Crippen LogP contribution in [0.3, 0.4) is 0 Å². The molecule has 1 saturated carbocycles. The molecule has 0 aromatic heterocycles. The van der Waals surface area contributed by atoms with E-state index in [4.69, 9.17) is 5.73 Å². The summed E-state index contributed by atoms with van der Waals surface area (Å²) in [6, 6.07) is 6.14. The molecular formula is C15H21FN2O. The summed E-state index contributed by atoms with van der Waals surface area (Å²) in [5, 5.41) is 0. The maximum absolute atomic E-state index is 12.9. The van der Waals surface area contributed by atoms with Crippen molar-refractivity contribution in [1.29, 1.82) is 0 Å². The van der Waals surface area contributed by atoms with Crippen molar-refractivity contribution in [2.75, 3.05) is 0 Å². The molecule has 2 rings (SSSR count). The molecule has 104 valence electrons. The van der Waals surface area contributed by atoms with Crippen LogP contribution in [0.4, 0.5) is 4.39 Å². The highest BCUT2D eigenvalue weighted by Crippen LogP contribution is 2.29. The zero-order valence-corrected chi connectivity index (χ0v) is 11.5. The van der Waals surface area contributed by atoms with E-state index in [9.17, 15) is 9.18 Å². The minimum Gasteiger partial charge on any atom is -0.334 e. The Morgan fingerprint density at radius 1 is 1.37 bits per heavy atom. The van der Waals surface area contributed by atoms with Crippen LogP contribution < -0.4 is 5.73 Å². The van der Waals surface area contributed by atoms with Crippen LogP contribution in [0.2, 0.25) is 0 Å². The summed E-state index contributed by atoms with van der Waals surface area (Å²) in [7, 11) is 0. The van der Waals surface area contributed by atoms with E-state index < -0.39 is 6.04 Å². The van der Waals surface area contributed by atoms with Gasteiger partial charge in [0, 0.05) is 12.6 Å². The molecule has 3 nitrogen and oxygen atoms in total. The predicted octanol–water partition coefficient (Wildman–Crippen LogP) is 2.30. The molecule has 0 saturated heterocycles. The average molecular weight is 264 g/mol. The van der Waals surface area contributed by atoms with Gasteiger partial charge in [0.2, 0.25) is 5.91 Å². The van der Waals surface area contributed by atoms with Crippen molar-refractivity contribution in [2.24, 2.45) is 11.7 Å². The molecule has 1 aromatic rings. The van der Waals surface area contributed by atoms with Crippen LogP contribution in [-0.4, -0.2) is 22.9 Å². The Labute approximate surface area is 113 Å². The summed E-state index contributed by atoms with van der Waals surface area (Å²) in [5.74, 6) is -0.129. The standard InChI is InChI=1S/C15H21FN2O/c1-10(2)14(17)15(19)18(13-7-8-13)9-11-3-5-12(16)6-4-11/h3-6,10,13-14H,7-9,17H2,1-2H3. The molecular weight excluding hydrogens is 243 g/mol. The largest absolute Gasteiger partial charge is 0.334 e. The Morgan fingerprint density at radius 3 is 2.42 bits per heavy atom. The number of hydrogen-bond acceptors (Lipinski definition) is 2. The number of benzene rings is 1. The summed E-state index contributed by atoms with van der Waals surface area (Å²) >= 11 is 0. The molecule has 1 unspecified atom stereocenters. The Morgan fingerprint density at radius 2 is 1.95 bits per heavy atom. The number of nitrogens with zero attached hydrogens (tertiary/aromatic N) is 1. The molecule has 1 aliphatic rings. The van der Waals surface area contributed by atoms with Crippen molar-refractivity contribution < 1.29 is 9.18 Å². The summed E-state index contributed by atoms with van der Waals surface area (Å²) < 4.78 is 12.9. The van der Waals surface area contributed by atoms with Gasteiger partial charge in [0.15, 0.2) is 0 Å². The number of amides is 1. The van der Waals surface area contributed by atoms with Crippen molar-refractivity contribution in [3.05, 3.63) is 35.6 Å². The molecule has 0 aliphatic heterocycles. The topological polar surface area (TPSA) is 46.3 Å². The number of nitrogens with two attached hydrogens (primary N) is 1.